The Kier molecular flexibility index (Phi) is 3.42. The average molecular weight is 321 g/mol. The van der Waals surface area contributed by atoms with Gasteiger partial charge in [-0.3, -0.25) is 0 Å². The van der Waals surface area contributed by atoms with Gasteiger partial charge in [0.2, 0.25) is 0 Å². The molecule has 0 bridgehead atoms. The van der Waals surface area contributed by atoms with E-state index in [0.29, 0.717) is 22.4 Å². The van der Waals surface area contributed by atoms with E-state index in [9.17, 15) is 0 Å². The molecule has 0 fully saturated rings. The van der Waals surface area contributed by atoms with Crippen LogP contribution in [-0.2, 0) is 6.54 Å². The monoisotopic (exact) mass is 319 g/mol. The predicted molar refractivity (Wildman–Crippen MR) is 69.9 cm³/mol. The molecular weight excluding hydrogens is 313 g/mol. The second-order valence-electron chi connectivity index (χ2n) is 3.24. The largest absolute Gasteiger partial charge is 0.383 e. The number of aromatic nitrogens is 2. The molecule has 0 amide bonds. The number of anilines is 1. The number of nitrogen functional groups attached to an aromatic ring is 1. The van der Waals surface area contributed by atoms with E-state index in [2.05, 4.69) is 21.0 Å². The fraction of sp³-hybridized carbons (Fsp3) is 0.100. The maximum atomic E-state index is 6.06. The molecule has 2 N–H and O–H groups in total. The summed E-state index contributed by atoms with van der Waals surface area (Å²) < 4.78 is 2.40. The van der Waals surface area contributed by atoms with E-state index in [1.165, 1.54) is 0 Å². The first-order chi connectivity index (χ1) is 7.59. The minimum atomic E-state index is 0.454. The van der Waals surface area contributed by atoms with Crippen LogP contribution >= 0.6 is 39.1 Å². The Morgan fingerprint density at radius 3 is 2.44 bits per heavy atom. The molecule has 0 unspecified atom stereocenters. The second kappa shape index (κ2) is 4.65. The lowest BCUT2D eigenvalue weighted by molar-refractivity contribution is 0.697. The molecule has 0 saturated carbocycles. The van der Waals surface area contributed by atoms with Gasteiger partial charge in [-0.05, 0) is 28.1 Å². The van der Waals surface area contributed by atoms with E-state index < -0.39 is 0 Å². The third-order valence-corrected chi connectivity index (χ3v) is 3.52. The molecular formula is C10H8BrCl2N3. The van der Waals surface area contributed by atoms with Crippen molar-refractivity contribution >= 4 is 44.9 Å². The lowest BCUT2D eigenvalue weighted by Crippen LogP contribution is -2.06. The summed E-state index contributed by atoms with van der Waals surface area (Å²) in [6.07, 6.45) is 1.64. The molecule has 0 radical (unpaired) electrons. The van der Waals surface area contributed by atoms with Gasteiger partial charge in [-0.15, -0.1) is 0 Å². The molecule has 0 aliphatic heterocycles. The Morgan fingerprint density at radius 2 is 1.94 bits per heavy atom. The van der Waals surface area contributed by atoms with Gasteiger partial charge in [-0.2, -0.15) is 5.10 Å². The van der Waals surface area contributed by atoms with Gasteiger partial charge < -0.3 is 5.73 Å². The van der Waals surface area contributed by atoms with Gasteiger partial charge >= 0.3 is 0 Å². The molecule has 0 atom stereocenters. The zero-order chi connectivity index (χ0) is 11.7. The highest BCUT2D eigenvalue weighted by Gasteiger charge is 2.10. The molecule has 2 rings (SSSR count). The van der Waals surface area contributed by atoms with Gasteiger partial charge in [-0.25, -0.2) is 4.68 Å². The van der Waals surface area contributed by atoms with Gasteiger partial charge in [-0.1, -0.05) is 29.3 Å². The summed E-state index contributed by atoms with van der Waals surface area (Å²) in [5.74, 6) is 0.552. The van der Waals surface area contributed by atoms with Crippen LogP contribution in [-0.4, -0.2) is 9.78 Å². The maximum absolute atomic E-state index is 6.06. The standard InChI is InChI=1S/C10H8BrCl2N3/c11-7-4-15-16(10(7)14)5-6-8(12)2-1-3-9(6)13/h1-4H,5,14H2. The van der Waals surface area contributed by atoms with Gasteiger partial charge in [0.25, 0.3) is 0 Å². The molecule has 0 aliphatic carbocycles. The molecule has 0 spiro atoms. The number of benzene rings is 1. The van der Waals surface area contributed by atoms with Crippen molar-refractivity contribution < 1.29 is 0 Å². The number of hydrogen-bond donors (Lipinski definition) is 1. The van der Waals surface area contributed by atoms with Gasteiger partial charge in [0.15, 0.2) is 0 Å². The summed E-state index contributed by atoms with van der Waals surface area (Å²) in [5, 5.41) is 5.34. The molecule has 2 aromatic rings. The first-order valence-corrected chi connectivity index (χ1v) is 6.04. The Hall–Kier alpha value is -0.710. The number of halogens is 3. The van der Waals surface area contributed by atoms with Crippen LogP contribution in [0.1, 0.15) is 5.56 Å². The molecule has 0 aliphatic rings. The van der Waals surface area contributed by atoms with Crippen LogP contribution in [0.25, 0.3) is 0 Å². The Labute approximate surface area is 111 Å². The minimum Gasteiger partial charge on any atom is -0.383 e. The summed E-state index contributed by atoms with van der Waals surface area (Å²) >= 11 is 15.4. The highest BCUT2D eigenvalue weighted by atomic mass is 79.9. The number of rotatable bonds is 2. The van der Waals surface area contributed by atoms with E-state index in [-0.39, 0.29) is 0 Å². The van der Waals surface area contributed by atoms with Crippen molar-refractivity contribution in [2.45, 2.75) is 6.54 Å². The van der Waals surface area contributed by atoms with Crippen molar-refractivity contribution in [2.75, 3.05) is 5.73 Å². The Morgan fingerprint density at radius 1 is 1.31 bits per heavy atom. The normalized spacial score (nSPS) is 10.7. The zero-order valence-electron chi connectivity index (χ0n) is 8.12. The SMILES string of the molecule is Nc1c(Br)cnn1Cc1c(Cl)cccc1Cl. The fourth-order valence-electron chi connectivity index (χ4n) is 1.33. The lowest BCUT2D eigenvalue weighted by atomic mass is 10.2. The molecule has 6 heteroatoms. The minimum absolute atomic E-state index is 0.454. The van der Waals surface area contributed by atoms with Gasteiger partial charge in [0.05, 0.1) is 17.2 Å². The molecule has 1 aromatic carbocycles. The second-order valence-corrected chi connectivity index (χ2v) is 4.90. The Balaban J connectivity index is 2.38. The number of nitrogens with two attached hydrogens (primary N) is 1. The van der Waals surface area contributed by atoms with Crippen LogP contribution in [0.15, 0.2) is 28.9 Å². The smallest absolute Gasteiger partial charge is 0.136 e. The summed E-state index contributed by atoms with van der Waals surface area (Å²) in [6, 6.07) is 5.38. The van der Waals surface area contributed by atoms with E-state index in [1.807, 2.05) is 0 Å². The van der Waals surface area contributed by atoms with E-state index in [1.54, 1.807) is 29.1 Å². The van der Waals surface area contributed by atoms with E-state index in [0.717, 1.165) is 10.0 Å². The molecule has 0 saturated heterocycles. The van der Waals surface area contributed by atoms with Crippen molar-refractivity contribution in [1.82, 2.24) is 9.78 Å². The summed E-state index contributed by atoms with van der Waals surface area (Å²) in [5.41, 5.74) is 6.63. The Bertz CT molecular complexity index is 505. The van der Waals surface area contributed by atoms with Crippen LogP contribution in [0.3, 0.4) is 0 Å². The van der Waals surface area contributed by atoms with Crippen LogP contribution < -0.4 is 5.73 Å². The predicted octanol–water partition coefficient (Wildman–Crippen LogP) is 3.58. The molecule has 3 nitrogen and oxygen atoms in total. The van der Waals surface area contributed by atoms with Crippen LogP contribution in [0.5, 0.6) is 0 Å². The van der Waals surface area contributed by atoms with Crippen molar-refractivity contribution in [3.8, 4) is 0 Å². The summed E-state index contributed by atoms with van der Waals surface area (Å²) in [7, 11) is 0. The van der Waals surface area contributed by atoms with Crippen molar-refractivity contribution in [1.29, 1.82) is 0 Å². The maximum Gasteiger partial charge on any atom is 0.136 e. The third kappa shape index (κ3) is 2.19. The topological polar surface area (TPSA) is 43.8 Å². The molecule has 1 heterocycles. The average Bonchev–Trinajstić information content (AvgIpc) is 2.55. The van der Waals surface area contributed by atoms with E-state index in [4.69, 9.17) is 28.9 Å². The van der Waals surface area contributed by atoms with Crippen molar-refractivity contribution in [2.24, 2.45) is 0 Å². The zero-order valence-corrected chi connectivity index (χ0v) is 11.2. The van der Waals surface area contributed by atoms with Gasteiger partial charge in [0, 0.05) is 15.6 Å². The quantitative estimate of drug-likeness (QED) is 0.919. The third-order valence-electron chi connectivity index (χ3n) is 2.20. The van der Waals surface area contributed by atoms with Crippen molar-refractivity contribution in [3.63, 3.8) is 0 Å². The first kappa shape index (κ1) is 11.8. The summed E-state index contributed by atoms with van der Waals surface area (Å²) in [4.78, 5) is 0. The number of hydrogen-bond acceptors (Lipinski definition) is 2. The molecule has 16 heavy (non-hydrogen) atoms. The van der Waals surface area contributed by atoms with Gasteiger partial charge in [0.1, 0.15) is 5.82 Å². The highest BCUT2D eigenvalue weighted by Crippen LogP contribution is 2.27. The fourth-order valence-corrected chi connectivity index (χ4v) is 2.14. The first-order valence-electron chi connectivity index (χ1n) is 4.49. The van der Waals surface area contributed by atoms with E-state index >= 15 is 0 Å². The molecule has 84 valence electrons. The van der Waals surface area contributed by atoms with Crippen LogP contribution in [0.4, 0.5) is 5.82 Å². The summed E-state index contributed by atoms with van der Waals surface area (Å²) in [6.45, 7) is 0.454. The van der Waals surface area contributed by atoms with Crippen molar-refractivity contribution in [3.05, 3.63) is 44.5 Å². The molecule has 1 aromatic heterocycles. The van der Waals surface area contributed by atoms with Crippen LogP contribution in [0, 0.1) is 0 Å². The van der Waals surface area contributed by atoms with Crippen LogP contribution in [0.2, 0.25) is 10.0 Å². The highest BCUT2D eigenvalue weighted by molar-refractivity contribution is 9.10. The number of nitrogens with zero attached hydrogens (tertiary/aromatic N) is 2. The lowest BCUT2D eigenvalue weighted by Gasteiger charge is -2.08.